The summed E-state index contributed by atoms with van der Waals surface area (Å²) >= 11 is 1.56. The van der Waals surface area contributed by atoms with Crippen LogP contribution in [0.5, 0.6) is 17.2 Å². The van der Waals surface area contributed by atoms with E-state index < -0.39 is 11.9 Å². The number of amides is 1. The van der Waals surface area contributed by atoms with Gasteiger partial charge in [0.2, 0.25) is 5.91 Å². The lowest BCUT2D eigenvalue weighted by molar-refractivity contribution is -0.159. The number of anilines is 1. The lowest BCUT2D eigenvalue weighted by Gasteiger charge is -2.32. The molecule has 1 aliphatic rings. The zero-order chi connectivity index (χ0) is 30.5. The van der Waals surface area contributed by atoms with Crippen molar-refractivity contribution < 1.29 is 38.8 Å². The van der Waals surface area contributed by atoms with E-state index in [9.17, 15) is 4.79 Å². The summed E-state index contributed by atoms with van der Waals surface area (Å²) in [5.74, 6) is -1.26. The van der Waals surface area contributed by atoms with E-state index in [1.54, 1.807) is 23.8 Å². The molecule has 1 aliphatic heterocycles. The Balaban J connectivity index is 0.000000730. The first kappa shape index (κ1) is 32.3. The molecule has 1 amide bonds. The van der Waals surface area contributed by atoms with Gasteiger partial charge in [0, 0.05) is 24.1 Å². The van der Waals surface area contributed by atoms with Crippen molar-refractivity contribution in [2.75, 3.05) is 52.4 Å². The van der Waals surface area contributed by atoms with Gasteiger partial charge in [0.25, 0.3) is 0 Å². The third-order valence-electron chi connectivity index (χ3n) is 6.39. The fourth-order valence-corrected chi connectivity index (χ4v) is 5.41. The van der Waals surface area contributed by atoms with Gasteiger partial charge in [-0.25, -0.2) is 9.59 Å². The molecule has 11 heteroatoms. The van der Waals surface area contributed by atoms with Crippen molar-refractivity contribution in [3.8, 4) is 17.2 Å². The number of fused-ring (bicyclic) bond motifs is 1. The summed E-state index contributed by atoms with van der Waals surface area (Å²) in [7, 11) is 5.57. The number of methoxy groups -OCH3 is 1. The van der Waals surface area contributed by atoms with Crippen molar-refractivity contribution >= 4 is 35.3 Å². The first-order valence-corrected chi connectivity index (χ1v) is 14.3. The molecular formula is C31H36N2O8S. The second-order valence-electron chi connectivity index (χ2n) is 9.40. The van der Waals surface area contributed by atoms with Gasteiger partial charge in [-0.1, -0.05) is 30.3 Å². The highest BCUT2D eigenvalue weighted by Crippen LogP contribution is 2.48. The number of unbranched alkanes of at least 4 members (excludes halogenated alkanes) is 1. The van der Waals surface area contributed by atoms with Gasteiger partial charge in [0.05, 0.1) is 19.4 Å². The fourth-order valence-electron chi connectivity index (χ4n) is 4.11. The molecular weight excluding hydrogens is 560 g/mol. The molecule has 3 aromatic carbocycles. The van der Waals surface area contributed by atoms with Gasteiger partial charge >= 0.3 is 11.9 Å². The number of nitrogens with zero attached hydrogens (tertiary/aromatic N) is 2. The molecule has 0 spiro atoms. The minimum absolute atomic E-state index is 0.0381. The van der Waals surface area contributed by atoms with Crippen molar-refractivity contribution in [1.82, 2.24) is 4.90 Å². The van der Waals surface area contributed by atoms with Crippen LogP contribution in [-0.4, -0.2) is 80.5 Å². The second-order valence-corrected chi connectivity index (χ2v) is 10.5. The molecule has 0 fully saturated rings. The number of para-hydroxylation sites is 2. The highest BCUT2D eigenvalue weighted by Gasteiger charge is 2.34. The number of carbonyl (C=O) groups is 3. The van der Waals surface area contributed by atoms with E-state index in [4.69, 9.17) is 34.0 Å². The highest BCUT2D eigenvalue weighted by atomic mass is 32.2. The Bertz CT molecular complexity index is 1330. The van der Waals surface area contributed by atoms with Gasteiger partial charge in [0.15, 0.2) is 0 Å². The number of aliphatic carboxylic acids is 2. The molecule has 42 heavy (non-hydrogen) atoms. The number of carbonyl (C=O) groups excluding carboxylic acids is 1. The van der Waals surface area contributed by atoms with E-state index in [0.717, 1.165) is 53.6 Å². The van der Waals surface area contributed by atoms with Crippen molar-refractivity contribution in [1.29, 1.82) is 0 Å². The molecule has 10 nitrogen and oxygen atoms in total. The van der Waals surface area contributed by atoms with E-state index in [-0.39, 0.29) is 11.2 Å². The quantitative estimate of drug-likeness (QED) is 0.222. The molecule has 4 rings (SSSR count). The first-order valence-electron chi connectivity index (χ1n) is 13.4. The smallest absolute Gasteiger partial charge is 0.414 e. The zero-order valence-corrected chi connectivity index (χ0v) is 24.7. The molecule has 2 N–H and O–H groups in total. The summed E-state index contributed by atoms with van der Waals surface area (Å²) in [6.45, 7) is 3.09. The number of thioether (sulfide) groups is 1. The average Bonchev–Trinajstić information content (AvgIpc) is 2.99. The molecule has 1 heterocycles. The van der Waals surface area contributed by atoms with Gasteiger partial charge in [-0.05, 0) is 68.9 Å². The molecule has 0 bridgehead atoms. The standard InChI is InChI=1S/C29H34N2O4S.C2H2O4/c1-30(18-20-34-22-11-5-4-6-12-22)17-9-10-19-35-26-16-15-23(33-3)21-24(26)28-29(32)31(2)25-13-7-8-14-27(25)36-28;3-1(4)2(5)6/h4-8,11-16,21,28H,9-10,17-20H2,1-3H3;(H,3,4)(H,5,6). The molecule has 0 radical (unpaired) electrons. The Labute approximate surface area is 249 Å². The van der Waals surface area contributed by atoms with Gasteiger partial charge in [-0.2, -0.15) is 0 Å². The van der Waals surface area contributed by atoms with E-state index in [2.05, 4.69) is 18.0 Å². The summed E-state index contributed by atoms with van der Waals surface area (Å²) in [6.07, 6.45) is 1.93. The van der Waals surface area contributed by atoms with Crippen molar-refractivity contribution in [3.05, 3.63) is 78.4 Å². The van der Waals surface area contributed by atoms with Gasteiger partial charge in [-0.3, -0.25) is 4.79 Å². The van der Waals surface area contributed by atoms with Crippen LogP contribution < -0.4 is 19.1 Å². The van der Waals surface area contributed by atoms with Gasteiger partial charge < -0.3 is 34.2 Å². The molecule has 0 saturated heterocycles. The minimum atomic E-state index is -1.82. The average molecular weight is 597 g/mol. The zero-order valence-electron chi connectivity index (χ0n) is 23.9. The SMILES string of the molecule is COc1ccc(OCCCCN(C)CCOc2ccccc2)c(C2Sc3ccccc3N(C)C2=O)c1.O=C(O)C(=O)O. The van der Waals surface area contributed by atoms with Crippen LogP contribution in [-0.2, 0) is 14.4 Å². The fraction of sp³-hybridized carbons (Fsp3) is 0.323. The van der Waals surface area contributed by atoms with Crippen molar-refractivity contribution in [2.24, 2.45) is 0 Å². The maximum atomic E-state index is 13.3. The second kappa shape index (κ2) is 16.3. The predicted molar refractivity (Wildman–Crippen MR) is 161 cm³/mol. The predicted octanol–water partition coefficient (Wildman–Crippen LogP) is 4.83. The number of rotatable bonds is 12. The number of likely N-dealkylation sites (N-methyl/N-ethyl adjacent to an activating group) is 2. The Kier molecular flexibility index (Phi) is 12.5. The minimum Gasteiger partial charge on any atom is -0.497 e. The van der Waals surface area contributed by atoms with Gasteiger partial charge in [-0.15, -0.1) is 11.8 Å². The van der Waals surface area contributed by atoms with Gasteiger partial charge in [0.1, 0.15) is 29.1 Å². The van der Waals surface area contributed by atoms with E-state index in [1.807, 2.05) is 73.8 Å². The van der Waals surface area contributed by atoms with Crippen LogP contribution in [0.2, 0.25) is 0 Å². The number of carboxylic acid groups (broad SMARTS) is 2. The lowest BCUT2D eigenvalue weighted by Crippen LogP contribution is -2.33. The normalized spacial score (nSPS) is 14.0. The number of hydrogen-bond donors (Lipinski definition) is 2. The number of ether oxygens (including phenoxy) is 3. The topological polar surface area (TPSA) is 126 Å². The van der Waals surface area contributed by atoms with Crippen LogP contribution in [0, 0.1) is 0 Å². The van der Waals surface area contributed by atoms with Crippen LogP contribution in [0.4, 0.5) is 5.69 Å². The highest BCUT2D eigenvalue weighted by molar-refractivity contribution is 8.00. The number of carboxylic acids is 2. The monoisotopic (exact) mass is 596 g/mol. The Morgan fingerprint density at radius 3 is 2.26 bits per heavy atom. The van der Waals surface area contributed by atoms with Crippen LogP contribution >= 0.6 is 11.8 Å². The van der Waals surface area contributed by atoms with Crippen LogP contribution in [0.3, 0.4) is 0 Å². The summed E-state index contributed by atoms with van der Waals surface area (Å²) < 4.78 is 17.4. The maximum absolute atomic E-state index is 13.3. The third-order valence-corrected chi connectivity index (χ3v) is 7.68. The van der Waals surface area contributed by atoms with Crippen LogP contribution in [0.25, 0.3) is 0 Å². The maximum Gasteiger partial charge on any atom is 0.414 e. The Morgan fingerprint density at radius 1 is 0.881 bits per heavy atom. The molecule has 0 aliphatic carbocycles. The van der Waals surface area contributed by atoms with Crippen LogP contribution in [0.15, 0.2) is 77.7 Å². The molecule has 224 valence electrons. The molecule has 3 aromatic rings. The Hall–Kier alpha value is -4.22. The Morgan fingerprint density at radius 2 is 1.57 bits per heavy atom. The third kappa shape index (κ3) is 9.42. The van der Waals surface area contributed by atoms with E-state index in [0.29, 0.717) is 19.0 Å². The number of hydrogen-bond acceptors (Lipinski definition) is 8. The van der Waals surface area contributed by atoms with Crippen molar-refractivity contribution in [3.63, 3.8) is 0 Å². The molecule has 1 unspecified atom stereocenters. The van der Waals surface area contributed by atoms with E-state index in [1.165, 1.54) is 0 Å². The summed E-state index contributed by atoms with van der Waals surface area (Å²) in [5, 5.41) is 14.4. The van der Waals surface area contributed by atoms with E-state index >= 15 is 0 Å². The summed E-state index contributed by atoms with van der Waals surface area (Å²) in [4.78, 5) is 36.5. The van der Waals surface area contributed by atoms with Crippen LogP contribution in [0.1, 0.15) is 23.7 Å². The molecule has 0 aromatic heterocycles. The largest absolute Gasteiger partial charge is 0.497 e. The lowest BCUT2D eigenvalue weighted by atomic mass is 10.1. The van der Waals surface area contributed by atoms with Crippen molar-refractivity contribution in [2.45, 2.75) is 23.0 Å². The first-order chi connectivity index (χ1) is 20.2. The molecule has 1 atom stereocenters. The number of benzene rings is 3. The molecule has 0 saturated carbocycles. The summed E-state index contributed by atoms with van der Waals surface area (Å²) in [5.41, 5.74) is 1.79. The summed E-state index contributed by atoms with van der Waals surface area (Å²) in [6, 6.07) is 23.6.